The van der Waals surface area contributed by atoms with E-state index in [2.05, 4.69) is 52.6 Å². The molecule has 1 aromatic heterocycles. The quantitative estimate of drug-likeness (QED) is 0.399. The van der Waals surface area contributed by atoms with E-state index in [1.165, 1.54) is 0 Å². The molecule has 0 saturated carbocycles. The summed E-state index contributed by atoms with van der Waals surface area (Å²) in [5.41, 5.74) is 4.22. The van der Waals surface area contributed by atoms with Crippen molar-refractivity contribution in [2.75, 3.05) is 7.05 Å². The lowest BCUT2D eigenvalue weighted by atomic mass is 10.0. The fourth-order valence-electron chi connectivity index (χ4n) is 3.59. The van der Waals surface area contributed by atoms with Crippen molar-refractivity contribution in [3.63, 3.8) is 0 Å². The summed E-state index contributed by atoms with van der Waals surface area (Å²) in [4.78, 5) is 2.20. The summed E-state index contributed by atoms with van der Waals surface area (Å²) < 4.78 is 1.82. The number of hydrogen-bond donors (Lipinski definition) is 0. The monoisotopic (exact) mass is 437 g/mol. The largest absolute Gasteiger partial charge is 0.288 e. The number of benzene rings is 3. The van der Waals surface area contributed by atoms with Gasteiger partial charge in [-0.2, -0.15) is 4.68 Å². The van der Waals surface area contributed by atoms with Gasteiger partial charge in [0, 0.05) is 6.54 Å². The van der Waals surface area contributed by atoms with Crippen LogP contribution in [-0.4, -0.2) is 32.2 Å². The molecule has 0 saturated heterocycles. The number of tetrazole rings is 1. The molecule has 0 aliphatic heterocycles. The predicted octanol–water partition coefficient (Wildman–Crippen LogP) is 5.50. The first-order chi connectivity index (χ1) is 14.5. The highest BCUT2D eigenvalue weighted by molar-refractivity contribution is 6.42. The number of aryl methyl sites for hydroxylation is 1. The Morgan fingerprint density at radius 3 is 2.40 bits per heavy atom. The van der Waals surface area contributed by atoms with Crippen LogP contribution in [-0.2, 0) is 6.54 Å². The molecule has 1 heterocycles. The second kappa shape index (κ2) is 8.96. The number of aromatic nitrogens is 4. The third-order valence-corrected chi connectivity index (χ3v) is 5.79. The molecule has 4 aromatic rings. The molecule has 4 rings (SSSR count). The Morgan fingerprint density at radius 2 is 1.67 bits per heavy atom. The van der Waals surface area contributed by atoms with E-state index in [0.717, 1.165) is 28.2 Å². The van der Waals surface area contributed by atoms with Gasteiger partial charge < -0.3 is 0 Å². The highest BCUT2D eigenvalue weighted by Crippen LogP contribution is 2.30. The molecular weight excluding hydrogens is 417 g/mol. The Morgan fingerprint density at radius 1 is 0.933 bits per heavy atom. The zero-order valence-electron chi connectivity index (χ0n) is 16.7. The molecule has 0 aliphatic carbocycles. The van der Waals surface area contributed by atoms with Gasteiger partial charge in [0.05, 0.1) is 21.8 Å². The van der Waals surface area contributed by atoms with Crippen LogP contribution in [0.5, 0.6) is 0 Å². The van der Waals surface area contributed by atoms with E-state index in [-0.39, 0.29) is 6.04 Å². The second-order valence-electron chi connectivity index (χ2n) is 7.21. The van der Waals surface area contributed by atoms with Crippen molar-refractivity contribution in [3.05, 3.63) is 105 Å². The lowest BCUT2D eigenvalue weighted by Crippen LogP contribution is -2.28. The van der Waals surface area contributed by atoms with Gasteiger partial charge in [0.25, 0.3) is 0 Å². The molecule has 152 valence electrons. The van der Waals surface area contributed by atoms with E-state index in [1.54, 1.807) is 0 Å². The van der Waals surface area contributed by atoms with Crippen LogP contribution in [0.4, 0.5) is 0 Å². The first kappa shape index (κ1) is 20.5. The van der Waals surface area contributed by atoms with Gasteiger partial charge in [-0.25, -0.2) is 0 Å². The molecule has 0 radical (unpaired) electrons. The van der Waals surface area contributed by atoms with Crippen molar-refractivity contribution in [2.45, 2.75) is 19.5 Å². The lowest BCUT2D eigenvalue weighted by Gasteiger charge is -2.28. The maximum absolute atomic E-state index is 6.23. The summed E-state index contributed by atoms with van der Waals surface area (Å²) in [7, 11) is 2.05. The Kier molecular flexibility index (Phi) is 6.13. The van der Waals surface area contributed by atoms with Crippen molar-refractivity contribution in [2.24, 2.45) is 0 Å². The van der Waals surface area contributed by atoms with Crippen LogP contribution in [0, 0.1) is 6.92 Å². The highest BCUT2D eigenvalue weighted by Gasteiger charge is 2.26. The van der Waals surface area contributed by atoms with Crippen LogP contribution >= 0.6 is 23.2 Å². The third kappa shape index (κ3) is 4.24. The smallest absolute Gasteiger partial charge is 0.178 e. The number of rotatable bonds is 6. The van der Waals surface area contributed by atoms with Gasteiger partial charge in [-0.1, -0.05) is 77.8 Å². The summed E-state index contributed by atoms with van der Waals surface area (Å²) in [6, 6.07) is 23.9. The molecule has 1 atom stereocenters. The molecule has 7 heteroatoms. The van der Waals surface area contributed by atoms with E-state index in [9.17, 15) is 0 Å². The average Bonchev–Trinajstić information content (AvgIpc) is 3.21. The maximum Gasteiger partial charge on any atom is 0.178 e. The minimum atomic E-state index is -0.157. The van der Waals surface area contributed by atoms with E-state index in [4.69, 9.17) is 23.2 Å². The Hall–Kier alpha value is -2.73. The fraction of sp³-hybridized carbons (Fsp3) is 0.174. The Labute approximate surface area is 185 Å². The zero-order valence-corrected chi connectivity index (χ0v) is 18.2. The summed E-state index contributed by atoms with van der Waals surface area (Å²) in [6.45, 7) is 2.70. The van der Waals surface area contributed by atoms with Crippen LogP contribution in [0.2, 0.25) is 10.0 Å². The van der Waals surface area contributed by atoms with Gasteiger partial charge in [0.2, 0.25) is 0 Å². The number of hydrogen-bond acceptors (Lipinski definition) is 4. The van der Waals surface area contributed by atoms with Gasteiger partial charge in [0.1, 0.15) is 0 Å². The molecule has 0 N–H and O–H groups in total. The molecule has 0 bridgehead atoms. The molecule has 0 unspecified atom stereocenters. The van der Waals surface area contributed by atoms with Crippen molar-refractivity contribution in [1.82, 2.24) is 25.1 Å². The topological polar surface area (TPSA) is 46.8 Å². The minimum absolute atomic E-state index is 0.157. The summed E-state index contributed by atoms with van der Waals surface area (Å²) in [5, 5.41) is 13.8. The Bertz CT molecular complexity index is 1140. The third-order valence-electron chi connectivity index (χ3n) is 5.05. The summed E-state index contributed by atoms with van der Waals surface area (Å²) >= 11 is 12.3. The standard InChI is InChI=1S/C23H21Cl2N5/c1-16-8-6-7-11-21(16)30-23(26-27-28-30)22(18-9-4-3-5-10-18)29(2)15-17-12-13-19(24)20(25)14-17/h3-14,22H,15H2,1-2H3/t22-/m0/s1. The number of para-hydroxylation sites is 1. The van der Waals surface area contributed by atoms with Gasteiger partial charge in [-0.15, -0.1) is 5.10 Å². The SMILES string of the molecule is Cc1ccccc1-n1nnnc1[C@H](c1ccccc1)N(C)Cc1ccc(Cl)c(Cl)c1. The zero-order chi connectivity index (χ0) is 21.1. The van der Waals surface area contributed by atoms with Crippen molar-refractivity contribution < 1.29 is 0 Å². The van der Waals surface area contributed by atoms with Crippen LogP contribution in [0.3, 0.4) is 0 Å². The predicted molar refractivity (Wildman–Crippen MR) is 120 cm³/mol. The van der Waals surface area contributed by atoms with Gasteiger partial charge in [0.15, 0.2) is 5.82 Å². The van der Waals surface area contributed by atoms with E-state index < -0.39 is 0 Å². The van der Waals surface area contributed by atoms with Crippen LogP contribution < -0.4 is 0 Å². The molecule has 0 spiro atoms. The summed E-state index contributed by atoms with van der Waals surface area (Å²) in [6.07, 6.45) is 0. The fourth-order valence-corrected chi connectivity index (χ4v) is 3.91. The second-order valence-corrected chi connectivity index (χ2v) is 8.03. The highest BCUT2D eigenvalue weighted by atomic mass is 35.5. The molecule has 5 nitrogen and oxygen atoms in total. The van der Waals surface area contributed by atoms with Gasteiger partial charge in [-0.05, 0) is 59.3 Å². The molecule has 0 fully saturated rings. The average molecular weight is 438 g/mol. The van der Waals surface area contributed by atoms with Crippen LogP contribution in [0.15, 0.2) is 72.8 Å². The van der Waals surface area contributed by atoms with Gasteiger partial charge in [-0.3, -0.25) is 4.90 Å². The van der Waals surface area contributed by atoms with Crippen molar-refractivity contribution >= 4 is 23.2 Å². The van der Waals surface area contributed by atoms with Crippen LogP contribution in [0.25, 0.3) is 5.69 Å². The van der Waals surface area contributed by atoms with Gasteiger partial charge >= 0.3 is 0 Å². The number of halogens is 2. The lowest BCUT2D eigenvalue weighted by molar-refractivity contribution is 0.258. The minimum Gasteiger partial charge on any atom is -0.288 e. The molecule has 0 amide bonds. The first-order valence-electron chi connectivity index (χ1n) is 9.58. The van der Waals surface area contributed by atoms with Crippen LogP contribution in [0.1, 0.15) is 28.6 Å². The van der Waals surface area contributed by atoms with E-state index >= 15 is 0 Å². The van der Waals surface area contributed by atoms with Crippen molar-refractivity contribution in [1.29, 1.82) is 0 Å². The maximum atomic E-state index is 6.23. The normalized spacial score (nSPS) is 12.3. The molecule has 30 heavy (non-hydrogen) atoms. The number of nitrogens with zero attached hydrogens (tertiary/aromatic N) is 5. The summed E-state index contributed by atoms with van der Waals surface area (Å²) in [5.74, 6) is 0.748. The molecule has 3 aromatic carbocycles. The van der Waals surface area contributed by atoms with E-state index in [0.29, 0.717) is 16.6 Å². The first-order valence-corrected chi connectivity index (χ1v) is 10.3. The molecule has 0 aliphatic rings. The van der Waals surface area contributed by atoms with E-state index in [1.807, 2.05) is 59.3 Å². The van der Waals surface area contributed by atoms with Crippen molar-refractivity contribution in [3.8, 4) is 5.69 Å². The Balaban J connectivity index is 1.76. The molecular formula is C23H21Cl2N5.